The predicted molar refractivity (Wildman–Crippen MR) is 66.3 cm³/mol. The summed E-state index contributed by atoms with van der Waals surface area (Å²) in [6.07, 6.45) is 2.09. The second-order valence-corrected chi connectivity index (χ2v) is 4.40. The second kappa shape index (κ2) is 5.92. The summed E-state index contributed by atoms with van der Waals surface area (Å²) in [6, 6.07) is 1.92. The summed E-state index contributed by atoms with van der Waals surface area (Å²) < 4.78 is 0. The molecule has 0 saturated heterocycles. The van der Waals surface area contributed by atoms with Gasteiger partial charge in [0.25, 0.3) is 0 Å². The Hall–Kier alpha value is -0.810. The van der Waals surface area contributed by atoms with Gasteiger partial charge in [0.05, 0.1) is 5.69 Å². The zero-order chi connectivity index (χ0) is 11.3. The monoisotopic (exact) mass is 226 g/mol. The van der Waals surface area contributed by atoms with Gasteiger partial charge in [-0.1, -0.05) is 0 Å². The molecule has 1 heterocycles. The molecule has 5 heteroatoms. The molecule has 0 bridgehead atoms. The minimum Gasteiger partial charge on any atom is -0.343 e. The van der Waals surface area contributed by atoms with Crippen LogP contribution in [-0.4, -0.2) is 35.6 Å². The van der Waals surface area contributed by atoms with Crippen molar-refractivity contribution in [1.29, 1.82) is 0 Å². The number of nitrogens with two attached hydrogens (primary N) is 1. The summed E-state index contributed by atoms with van der Waals surface area (Å²) in [6.45, 7) is 3.38. The fourth-order valence-electron chi connectivity index (χ4n) is 1.22. The first-order valence-corrected chi connectivity index (χ1v) is 6.31. The molecule has 15 heavy (non-hydrogen) atoms. The van der Waals surface area contributed by atoms with Crippen LogP contribution in [0.25, 0.3) is 0 Å². The molecular formula is C10H18N4S. The van der Waals surface area contributed by atoms with Gasteiger partial charge >= 0.3 is 0 Å². The van der Waals surface area contributed by atoms with E-state index in [1.165, 1.54) is 0 Å². The van der Waals surface area contributed by atoms with Crippen LogP contribution >= 0.6 is 11.8 Å². The number of thioether (sulfide) groups is 1. The summed E-state index contributed by atoms with van der Waals surface area (Å²) in [5, 5.41) is 0. The molecule has 2 N–H and O–H groups in total. The number of rotatable bonds is 5. The third-order valence-corrected chi connectivity index (χ3v) is 2.67. The molecular weight excluding hydrogens is 208 g/mol. The van der Waals surface area contributed by atoms with Crippen molar-refractivity contribution in [3.63, 3.8) is 0 Å². The Morgan fingerprint density at radius 2 is 2.20 bits per heavy atom. The molecule has 0 saturated carbocycles. The van der Waals surface area contributed by atoms with Crippen LogP contribution in [0.15, 0.2) is 6.07 Å². The van der Waals surface area contributed by atoms with Gasteiger partial charge in [0.2, 0.25) is 5.95 Å². The van der Waals surface area contributed by atoms with E-state index in [1.807, 2.05) is 31.8 Å². The summed E-state index contributed by atoms with van der Waals surface area (Å²) in [7, 11) is 2.01. The number of anilines is 1. The Morgan fingerprint density at radius 1 is 1.47 bits per heavy atom. The molecule has 0 aliphatic carbocycles. The highest BCUT2D eigenvalue weighted by Crippen LogP contribution is 2.09. The predicted octanol–water partition coefficient (Wildman–Crippen LogP) is 1.04. The van der Waals surface area contributed by atoms with Crippen LogP contribution in [-0.2, 0) is 6.54 Å². The van der Waals surface area contributed by atoms with E-state index in [0.29, 0.717) is 6.54 Å². The minimum atomic E-state index is 0.465. The van der Waals surface area contributed by atoms with Gasteiger partial charge in [0, 0.05) is 31.6 Å². The highest BCUT2D eigenvalue weighted by Gasteiger charge is 2.05. The molecule has 0 aliphatic heterocycles. The van der Waals surface area contributed by atoms with Gasteiger partial charge < -0.3 is 10.6 Å². The van der Waals surface area contributed by atoms with Crippen molar-refractivity contribution in [2.45, 2.75) is 13.5 Å². The van der Waals surface area contributed by atoms with Gasteiger partial charge in [-0.2, -0.15) is 11.8 Å². The van der Waals surface area contributed by atoms with Crippen molar-refractivity contribution in [2.75, 3.05) is 30.5 Å². The minimum absolute atomic E-state index is 0.465. The first-order valence-electron chi connectivity index (χ1n) is 4.92. The highest BCUT2D eigenvalue weighted by atomic mass is 32.2. The highest BCUT2D eigenvalue weighted by molar-refractivity contribution is 7.98. The maximum absolute atomic E-state index is 5.57. The third kappa shape index (κ3) is 3.68. The number of aromatic nitrogens is 2. The Kier molecular flexibility index (Phi) is 4.84. The van der Waals surface area contributed by atoms with E-state index in [-0.39, 0.29) is 0 Å². The lowest BCUT2D eigenvalue weighted by Crippen LogP contribution is -2.23. The lowest BCUT2D eigenvalue weighted by atomic mass is 10.3. The molecule has 84 valence electrons. The number of hydrogen-bond donors (Lipinski definition) is 1. The van der Waals surface area contributed by atoms with Crippen molar-refractivity contribution >= 4 is 17.7 Å². The molecule has 1 aromatic rings. The smallest absolute Gasteiger partial charge is 0.225 e. The Bertz CT molecular complexity index is 316. The van der Waals surface area contributed by atoms with Crippen LogP contribution in [0.1, 0.15) is 11.4 Å². The molecule has 0 aliphatic rings. The summed E-state index contributed by atoms with van der Waals surface area (Å²) >= 11 is 1.82. The van der Waals surface area contributed by atoms with Crippen molar-refractivity contribution in [3.05, 3.63) is 17.5 Å². The van der Waals surface area contributed by atoms with E-state index in [4.69, 9.17) is 5.73 Å². The molecule has 0 amide bonds. The van der Waals surface area contributed by atoms with Crippen molar-refractivity contribution in [3.8, 4) is 0 Å². The zero-order valence-electron chi connectivity index (χ0n) is 9.53. The lowest BCUT2D eigenvalue weighted by molar-refractivity contribution is 0.864. The third-order valence-electron chi connectivity index (χ3n) is 2.08. The van der Waals surface area contributed by atoms with Gasteiger partial charge in [-0.15, -0.1) is 0 Å². The average Bonchev–Trinajstić information content (AvgIpc) is 2.24. The van der Waals surface area contributed by atoms with Gasteiger partial charge in [0.1, 0.15) is 0 Å². The fraction of sp³-hybridized carbons (Fsp3) is 0.600. The van der Waals surface area contributed by atoms with E-state index in [2.05, 4.69) is 21.1 Å². The van der Waals surface area contributed by atoms with Crippen LogP contribution in [0.4, 0.5) is 5.95 Å². The molecule has 0 fully saturated rings. The van der Waals surface area contributed by atoms with Crippen LogP contribution < -0.4 is 10.6 Å². The van der Waals surface area contributed by atoms with E-state index >= 15 is 0 Å². The van der Waals surface area contributed by atoms with Crippen molar-refractivity contribution < 1.29 is 0 Å². The van der Waals surface area contributed by atoms with E-state index in [9.17, 15) is 0 Å². The maximum Gasteiger partial charge on any atom is 0.225 e. The first kappa shape index (κ1) is 12.3. The van der Waals surface area contributed by atoms with E-state index in [0.717, 1.165) is 29.6 Å². The molecule has 0 unspecified atom stereocenters. The Balaban J connectivity index is 2.78. The Labute approximate surface area is 95.3 Å². The standard InChI is InChI=1S/C10H18N4S/c1-8-6-9(7-11)13-10(12-8)14(2)4-5-15-3/h6H,4-5,7,11H2,1-3H3. The zero-order valence-corrected chi connectivity index (χ0v) is 10.3. The van der Waals surface area contributed by atoms with Crippen LogP contribution in [0.5, 0.6) is 0 Å². The SMILES string of the molecule is CSCCN(C)c1nc(C)cc(CN)n1. The molecule has 1 aromatic heterocycles. The average molecular weight is 226 g/mol. The van der Waals surface area contributed by atoms with Gasteiger partial charge in [0.15, 0.2) is 0 Å². The van der Waals surface area contributed by atoms with E-state index < -0.39 is 0 Å². The lowest BCUT2D eigenvalue weighted by Gasteiger charge is -2.17. The fourth-order valence-corrected chi connectivity index (χ4v) is 1.68. The number of nitrogens with zero attached hydrogens (tertiary/aromatic N) is 3. The molecule has 1 rings (SSSR count). The summed E-state index contributed by atoms with van der Waals surface area (Å²) in [5.74, 6) is 1.84. The summed E-state index contributed by atoms with van der Waals surface area (Å²) in [4.78, 5) is 10.8. The second-order valence-electron chi connectivity index (χ2n) is 3.42. The summed E-state index contributed by atoms with van der Waals surface area (Å²) in [5.41, 5.74) is 7.44. The van der Waals surface area contributed by atoms with E-state index in [1.54, 1.807) is 0 Å². The number of aryl methyl sites for hydroxylation is 1. The quantitative estimate of drug-likeness (QED) is 0.813. The van der Waals surface area contributed by atoms with Crippen molar-refractivity contribution in [1.82, 2.24) is 9.97 Å². The first-order chi connectivity index (χ1) is 7.17. The molecule has 4 nitrogen and oxygen atoms in total. The normalized spacial score (nSPS) is 10.4. The largest absolute Gasteiger partial charge is 0.343 e. The van der Waals surface area contributed by atoms with Crippen LogP contribution in [0, 0.1) is 6.92 Å². The molecule has 0 radical (unpaired) electrons. The van der Waals surface area contributed by atoms with Crippen LogP contribution in [0.2, 0.25) is 0 Å². The molecule has 0 atom stereocenters. The Morgan fingerprint density at radius 3 is 2.80 bits per heavy atom. The van der Waals surface area contributed by atoms with Gasteiger partial charge in [-0.05, 0) is 19.2 Å². The topological polar surface area (TPSA) is 55.0 Å². The molecule has 0 aromatic carbocycles. The van der Waals surface area contributed by atoms with Crippen molar-refractivity contribution in [2.24, 2.45) is 5.73 Å². The molecule has 0 spiro atoms. The van der Waals surface area contributed by atoms with Crippen LogP contribution in [0.3, 0.4) is 0 Å². The van der Waals surface area contributed by atoms with Gasteiger partial charge in [-0.25, -0.2) is 9.97 Å². The van der Waals surface area contributed by atoms with Gasteiger partial charge in [-0.3, -0.25) is 0 Å². The number of hydrogen-bond acceptors (Lipinski definition) is 5. The maximum atomic E-state index is 5.57.